The van der Waals surface area contributed by atoms with E-state index < -0.39 is 0 Å². The first-order valence-electron chi connectivity index (χ1n) is 8.04. The standard InChI is InChI=1S/C17H28N2OS/c1-6-15-17(20)19(9-14(11(2)3)12(4)5)16(18-15)13-7-8-21-10-13/h7-8,10-12,14-16,18H,6,9H2,1-5H3. The van der Waals surface area contributed by atoms with Gasteiger partial charge in [-0.05, 0) is 46.6 Å². The highest BCUT2D eigenvalue weighted by Gasteiger charge is 2.40. The van der Waals surface area contributed by atoms with Crippen molar-refractivity contribution in [3.63, 3.8) is 0 Å². The maximum atomic E-state index is 12.7. The average molecular weight is 308 g/mol. The van der Waals surface area contributed by atoms with E-state index in [4.69, 9.17) is 0 Å². The van der Waals surface area contributed by atoms with Gasteiger partial charge in [-0.2, -0.15) is 11.3 Å². The second kappa shape index (κ2) is 6.93. The van der Waals surface area contributed by atoms with Crippen molar-refractivity contribution in [3.8, 4) is 0 Å². The normalized spacial score (nSPS) is 23.0. The molecule has 118 valence electrons. The molecule has 0 saturated carbocycles. The summed E-state index contributed by atoms with van der Waals surface area (Å²) < 4.78 is 0. The van der Waals surface area contributed by atoms with Crippen molar-refractivity contribution in [2.75, 3.05) is 6.54 Å². The third-order valence-corrected chi connectivity index (χ3v) is 5.34. The van der Waals surface area contributed by atoms with Crippen LogP contribution in [0.2, 0.25) is 0 Å². The zero-order valence-electron chi connectivity index (χ0n) is 13.8. The van der Waals surface area contributed by atoms with Crippen molar-refractivity contribution in [1.82, 2.24) is 10.2 Å². The lowest BCUT2D eigenvalue weighted by Crippen LogP contribution is -2.38. The number of carbonyl (C=O) groups is 1. The van der Waals surface area contributed by atoms with Crippen LogP contribution in [-0.2, 0) is 4.79 Å². The van der Waals surface area contributed by atoms with Crippen molar-refractivity contribution in [3.05, 3.63) is 22.4 Å². The smallest absolute Gasteiger partial charge is 0.241 e. The molecular formula is C17H28N2OS. The van der Waals surface area contributed by atoms with Gasteiger partial charge in [0.05, 0.1) is 6.04 Å². The van der Waals surface area contributed by atoms with E-state index in [9.17, 15) is 4.79 Å². The van der Waals surface area contributed by atoms with E-state index in [1.54, 1.807) is 11.3 Å². The van der Waals surface area contributed by atoms with Crippen LogP contribution in [0.5, 0.6) is 0 Å². The minimum absolute atomic E-state index is 0.0325. The Balaban J connectivity index is 2.22. The van der Waals surface area contributed by atoms with Crippen LogP contribution < -0.4 is 5.32 Å². The van der Waals surface area contributed by atoms with E-state index in [1.807, 2.05) is 0 Å². The molecule has 1 fully saturated rings. The van der Waals surface area contributed by atoms with Crippen molar-refractivity contribution in [2.24, 2.45) is 17.8 Å². The van der Waals surface area contributed by atoms with Crippen molar-refractivity contribution in [1.29, 1.82) is 0 Å². The van der Waals surface area contributed by atoms with Gasteiger partial charge in [0.25, 0.3) is 0 Å². The first-order chi connectivity index (χ1) is 9.95. The fraction of sp³-hybridized carbons (Fsp3) is 0.706. The van der Waals surface area contributed by atoms with E-state index >= 15 is 0 Å². The Morgan fingerprint density at radius 1 is 1.29 bits per heavy atom. The van der Waals surface area contributed by atoms with E-state index in [1.165, 1.54) is 5.56 Å². The number of rotatable bonds is 6. The summed E-state index contributed by atoms with van der Waals surface area (Å²) in [5, 5.41) is 7.74. The summed E-state index contributed by atoms with van der Waals surface area (Å²) in [6.07, 6.45) is 0.901. The van der Waals surface area contributed by atoms with Crippen molar-refractivity contribution in [2.45, 2.75) is 53.2 Å². The molecule has 1 aromatic heterocycles. The van der Waals surface area contributed by atoms with Crippen molar-refractivity contribution >= 4 is 17.2 Å². The highest BCUT2D eigenvalue weighted by molar-refractivity contribution is 7.07. The van der Waals surface area contributed by atoms with Gasteiger partial charge in [0.2, 0.25) is 5.91 Å². The average Bonchev–Trinajstić information content (AvgIpc) is 3.03. The number of nitrogens with one attached hydrogen (secondary N) is 1. The first-order valence-corrected chi connectivity index (χ1v) is 8.98. The molecule has 2 rings (SSSR count). The molecule has 1 amide bonds. The molecular weight excluding hydrogens is 280 g/mol. The van der Waals surface area contributed by atoms with Gasteiger partial charge in [-0.3, -0.25) is 10.1 Å². The highest BCUT2D eigenvalue weighted by atomic mass is 32.1. The second-order valence-electron chi connectivity index (χ2n) is 6.73. The second-order valence-corrected chi connectivity index (χ2v) is 7.51. The third-order valence-electron chi connectivity index (χ3n) is 4.64. The molecule has 0 spiro atoms. The fourth-order valence-corrected chi connectivity index (χ4v) is 3.97. The molecule has 2 unspecified atom stereocenters. The largest absolute Gasteiger partial charge is 0.321 e. The van der Waals surface area contributed by atoms with Crippen LogP contribution in [0.1, 0.15) is 52.8 Å². The Morgan fingerprint density at radius 2 is 1.95 bits per heavy atom. The van der Waals surface area contributed by atoms with Crippen LogP contribution >= 0.6 is 11.3 Å². The van der Waals surface area contributed by atoms with Gasteiger partial charge < -0.3 is 4.90 Å². The quantitative estimate of drug-likeness (QED) is 0.865. The number of hydrogen-bond acceptors (Lipinski definition) is 3. The molecule has 21 heavy (non-hydrogen) atoms. The summed E-state index contributed by atoms with van der Waals surface area (Å²) in [6.45, 7) is 12.0. The van der Waals surface area contributed by atoms with Gasteiger partial charge in [0.15, 0.2) is 0 Å². The molecule has 1 N–H and O–H groups in total. The monoisotopic (exact) mass is 308 g/mol. The predicted molar refractivity (Wildman–Crippen MR) is 89.2 cm³/mol. The van der Waals surface area contributed by atoms with E-state index in [2.05, 4.69) is 61.7 Å². The minimum Gasteiger partial charge on any atom is -0.321 e. The molecule has 0 aromatic carbocycles. The zero-order chi connectivity index (χ0) is 15.6. The number of carbonyl (C=O) groups excluding carboxylic acids is 1. The number of hydrogen-bond donors (Lipinski definition) is 1. The topological polar surface area (TPSA) is 32.3 Å². The van der Waals surface area contributed by atoms with Crippen LogP contribution in [0.3, 0.4) is 0 Å². The Morgan fingerprint density at radius 3 is 2.43 bits per heavy atom. The Hall–Kier alpha value is -0.870. The summed E-state index contributed by atoms with van der Waals surface area (Å²) in [7, 11) is 0. The summed E-state index contributed by atoms with van der Waals surface area (Å²) in [6, 6.07) is 2.09. The number of nitrogens with zero attached hydrogens (tertiary/aromatic N) is 1. The van der Waals surface area contributed by atoms with Gasteiger partial charge in [-0.25, -0.2) is 0 Å². The summed E-state index contributed by atoms with van der Waals surface area (Å²) in [4.78, 5) is 14.8. The molecule has 1 aliphatic heterocycles. The molecule has 4 heteroatoms. The predicted octanol–water partition coefficient (Wildman–Crippen LogP) is 3.89. The lowest BCUT2D eigenvalue weighted by atomic mass is 9.85. The highest BCUT2D eigenvalue weighted by Crippen LogP contribution is 2.31. The van der Waals surface area contributed by atoms with E-state index in [0.717, 1.165) is 13.0 Å². The molecule has 0 bridgehead atoms. The first kappa shape index (κ1) is 16.5. The molecule has 2 atom stereocenters. The van der Waals surface area contributed by atoms with E-state index in [-0.39, 0.29) is 18.1 Å². The van der Waals surface area contributed by atoms with Gasteiger partial charge in [0, 0.05) is 6.54 Å². The molecule has 1 saturated heterocycles. The SMILES string of the molecule is CCC1NC(c2ccsc2)N(CC(C(C)C)C(C)C)C1=O. The Bertz CT molecular complexity index is 447. The lowest BCUT2D eigenvalue weighted by molar-refractivity contribution is -0.131. The molecule has 3 nitrogen and oxygen atoms in total. The maximum absolute atomic E-state index is 12.7. The number of amides is 1. The van der Waals surface area contributed by atoms with Gasteiger partial charge in [-0.15, -0.1) is 0 Å². The molecule has 1 aromatic rings. The Labute approximate surface area is 132 Å². The lowest BCUT2D eigenvalue weighted by Gasteiger charge is -2.32. The van der Waals surface area contributed by atoms with Crippen LogP contribution in [-0.4, -0.2) is 23.4 Å². The minimum atomic E-state index is -0.0325. The number of thiophene rings is 1. The van der Waals surface area contributed by atoms with Crippen LogP contribution in [0.4, 0.5) is 0 Å². The maximum Gasteiger partial charge on any atom is 0.241 e. The fourth-order valence-electron chi connectivity index (χ4n) is 3.29. The summed E-state index contributed by atoms with van der Waals surface area (Å²) in [5.74, 6) is 1.97. The molecule has 2 heterocycles. The summed E-state index contributed by atoms with van der Waals surface area (Å²) >= 11 is 1.69. The Kier molecular flexibility index (Phi) is 5.44. The van der Waals surface area contributed by atoms with Gasteiger partial charge in [-0.1, -0.05) is 34.6 Å². The van der Waals surface area contributed by atoms with Crippen molar-refractivity contribution < 1.29 is 4.79 Å². The molecule has 0 radical (unpaired) electrons. The molecule has 1 aliphatic rings. The summed E-state index contributed by atoms with van der Waals surface area (Å²) in [5.41, 5.74) is 1.22. The van der Waals surface area contributed by atoms with Gasteiger partial charge >= 0.3 is 0 Å². The van der Waals surface area contributed by atoms with Crippen LogP contribution in [0.15, 0.2) is 16.8 Å². The third kappa shape index (κ3) is 3.49. The van der Waals surface area contributed by atoms with Gasteiger partial charge in [0.1, 0.15) is 6.17 Å². The van der Waals surface area contributed by atoms with Crippen LogP contribution in [0, 0.1) is 17.8 Å². The van der Waals surface area contributed by atoms with Crippen LogP contribution in [0.25, 0.3) is 0 Å². The zero-order valence-corrected chi connectivity index (χ0v) is 14.6. The van der Waals surface area contributed by atoms with E-state index in [0.29, 0.717) is 17.8 Å². The molecule has 0 aliphatic carbocycles.